The molecule has 2 spiro atoms. The molecule has 1 heterocycles. The van der Waals surface area contributed by atoms with Gasteiger partial charge in [-0.05, 0) is 98.1 Å². The highest BCUT2D eigenvalue weighted by molar-refractivity contribution is 6.03. The summed E-state index contributed by atoms with van der Waals surface area (Å²) in [6, 6.07) is 15.1. The van der Waals surface area contributed by atoms with Gasteiger partial charge in [-0.25, -0.2) is 0 Å². The number of ether oxygens (including phenoxy) is 2. The van der Waals surface area contributed by atoms with E-state index in [2.05, 4.69) is 37.3 Å². The third-order valence-corrected chi connectivity index (χ3v) is 10.6. The molecular weight excluding hydrogens is 484 g/mol. The number of benzene rings is 2. The first kappa shape index (κ1) is 26.6. The molecule has 2 fully saturated rings. The standard InChI is InChI=1S/C34H44N2O3/c1-22-29(14-12-24-5-4-6-28(19-24)39-3)31(37)34(36-32(22)35)30-20-25(10-9-23-7-8-23)11-13-26(30)21-33(34)17-15-27(38-2)16-18-33/h4-6,11,13,19-20,22-23,27,29H,7-10,12,14-18,21H2,1-3H3,(H2,35,36). The maximum absolute atomic E-state index is 15.0. The summed E-state index contributed by atoms with van der Waals surface area (Å²) < 4.78 is 11.2. The molecule has 208 valence electrons. The van der Waals surface area contributed by atoms with Crippen LogP contribution < -0.4 is 10.5 Å². The molecule has 4 aliphatic rings. The number of hydrogen-bond donors (Lipinski definition) is 1. The number of Topliss-reactive ketones (excluding diaryl/α,β-unsaturated/α-hetero) is 1. The molecule has 2 N–H and O–H groups in total. The van der Waals surface area contributed by atoms with Gasteiger partial charge in [0, 0.05) is 24.4 Å². The molecular formula is C34H44N2O3. The molecule has 0 saturated heterocycles. The van der Waals surface area contributed by atoms with Gasteiger partial charge in [-0.15, -0.1) is 0 Å². The van der Waals surface area contributed by atoms with Gasteiger partial charge in [0.1, 0.15) is 5.75 Å². The van der Waals surface area contributed by atoms with Crippen molar-refractivity contribution in [2.75, 3.05) is 14.2 Å². The molecule has 0 bridgehead atoms. The summed E-state index contributed by atoms with van der Waals surface area (Å²) in [6.45, 7) is 2.09. The minimum Gasteiger partial charge on any atom is -0.497 e. The van der Waals surface area contributed by atoms with Crippen molar-refractivity contribution < 1.29 is 14.3 Å². The average Bonchev–Trinajstić information content (AvgIpc) is 3.76. The van der Waals surface area contributed by atoms with Gasteiger partial charge in [0.05, 0.1) is 19.0 Å². The summed E-state index contributed by atoms with van der Waals surface area (Å²) in [5, 5.41) is 0. The molecule has 2 saturated carbocycles. The molecule has 3 unspecified atom stereocenters. The van der Waals surface area contributed by atoms with Gasteiger partial charge in [-0.3, -0.25) is 9.79 Å². The van der Waals surface area contributed by atoms with Crippen LogP contribution in [0.5, 0.6) is 5.75 Å². The third-order valence-electron chi connectivity index (χ3n) is 10.6. The van der Waals surface area contributed by atoms with Crippen molar-refractivity contribution in [3.63, 3.8) is 0 Å². The lowest BCUT2D eigenvalue weighted by molar-refractivity contribution is -0.137. The zero-order valence-electron chi connectivity index (χ0n) is 23.9. The molecule has 39 heavy (non-hydrogen) atoms. The van der Waals surface area contributed by atoms with Gasteiger partial charge in [0.25, 0.3) is 0 Å². The molecule has 2 aromatic carbocycles. The second-order valence-corrected chi connectivity index (χ2v) is 12.8. The SMILES string of the molecule is COc1cccc(CCC2C(=O)C3(N=C(N)C2C)c2cc(CCC4CC4)ccc2CC32CCC(OC)CC2)c1. The fourth-order valence-electron chi connectivity index (χ4n) is 7.90. The summed E-state index contributed by atoms with van der Waals surface area (Å²) in [6.07, 6.45) is 11.6. The predicted molar refractivity (Wildman–Crippen MR) is 155 cm³/mol. The summed E-state index contributed by atoms with van der Waals surface area (Å²) >= 11 is 0. The Bertz CT molecular complexity index is 1260. The number of nitrogens with two attached hydrogens (primary N) is 1. The molecule has 0 radical (unpaired) electrons. The zero-order valence-corrected chi connectivity index (χ0v) is 23.9. The van der Waals surface area contributed by atoms with Gasteiger partial charge in [-0.2, -0.15) is 0 Å². The number of methoxy groups -OCH3 is 2. The van der Waals surface area contributed by atoms with Crippen LogP contribution >= 0.6 is 0 Å². The van der Waals surface area contributed by atoms with E-state index < -0.39 is 5.54 Å². The van der Waals surface area contributed by atoms with Gasteiger partial charge >= 0.3 is 0 Å². The van der Waals surface area contributed by atoms with Gasteiger partial charge in [-0.1, -0.05) is 50.1 Å². The van der Waals surface area contributed by atoms with Crippen LogP contribution in [-0.4, -0.2) is 31.9 Å². The first-order chi connectivity index (χ1) is 18.9. The molecule has 3 atom stereocenters. The Morgan fingerprint density at radius 2 is 1.72 bits per heavy atom. The summed E-state index contributed by atoms with van der Waals surface area (Å²) in [5.74, 6) is 2.45. The lowest BCUT2D eigenvalue weighted by Gasteiger charge is -2.50. The minimum absolute atomic E-state index is 0.0665. The Morgan fingerprint density at radius 3 is 2.44 bits per heavy atom. The van der Waals surface area contributed by atoms with E-state index in [1.54, 1.807) is 7.11 Å². The van der Waals surface area contributed by atoms with Crippen molar-refractivity contribution in [1.29, 1.82) is 0 Å². The van der Waals surface area contributed by atoms with Gasteiger partial charge in [0.2, 0.25) is 0 Å². The summed E-state index contributed by atoms with van der Waals surface area (Å²) in [4.78, 5) is 20.3. The molecule has 3 aliphatic carbocycles. The number of aryl methyl sites for hydroxylation is 2. The Labute approximate surface area is 233 Å². The van der Waals surface area contributed by atoms with E-state index in [4.69, 9.17) is 20.2 Å². The zero-order chi connectivity index (χ0) is 27.2. The van der Waals surface area contributed by atoms with Crippen LogP contribution in [0.4, 0.5) is 0 Å². The Hall–Kier alpha value is -2.66. The summed E-state index contributed by atoms with van der Waals surface area (Å²) in [5.41, 5.74) is 10.7. The highest BCUT2D eigenvalue weighted by atomic mass is 16.5. The number of aliphatic imine (C=N–C) groups is 1. The van der Waals surface area contributed by atoms with Crippen LogP contribution in [0.1, 0.15) is 80.5 Å². The highest BCUT2D eigenvalue weighted by Gasteiger charge is 2.65. The minimum atomic E-state index is -0.883. The van der Waals surface area contributed by atoms with E-state index in [0.717, 1.165) is 68.6 Å². The Kier molecular flexibility index (Phi) is 7.07. The lowest BCUT2D eigenvalue weighted by Crippen LogP contribution is -2.57. The van der Waals surface area contributed by atoms with Crippen molar-refractivity contribution in [3.8, 4) is 5.75 Å². The van der Waals surface area contributed by atoms with E-state index in [9.17, 15) is 0 Å². The second-order valence-electron chi connectivity index (χ2n) is 12.8. The fourth-order valence-corrected chi connectivity index (χ4v) is 7.90. The molecule has 1 aliphatic heterocycles. The van der Waals surface area contributed by atoms with Gasteiger partial charge < -0.3 is 15.2 Å². The molecule has 0 aromatic heterocycles. The molecule has 5 nitrogen and oxygen atoms in total. The number of fused-ring (bicyclic) bond motifs is 3. The number of hydrogen-bond acceptors (Lipinski definition) is 5. The van der Waals surface area contributed by atoms with Crippen LogP contribution in [0, 0.1) is 23.2 Å². The van der Waals surface area contributed by atoms with Crippen LogP contribution in [0.25, 0.3) is 0 Å². The lowest BCUT2D eigenvalue weighted by atomic mass is 9.56. The Balaban J connectivity index is 1.39. The van der Waals surface area contributed by atoms with Crippen molar-refractivity contribution >= 4 is 11.6 Å². The van der Waals surface area contributed by atoms with E-state index in [0.29, 0.717) is 11.6 Å². The normalized spacial score (nSPS) is 31.9. The molecule has 0 amide bonds. The first-order valence-corrected chi connectivity index (χ1v) is 15.1. The van der Waals surface area contributed by atoms with Crippen molar-refractivity contribution in [1.82, 2.24) is 0 Å². The van der Waals surface area contributed by atoms with Crippen molar-refractivity contribution in [3.05, 3.63) is 64.7 Å². The number of carbonyl (C=O) groups is 1. The molecule has 6 rings (SSSR count). The second kappa shape index (κ2) is 10.4. The van der Waals surface area contributed by atoms with Crippen LogP contribution in [0.15, 0.2) is 47.5 Å². The number of rotatable bonds is 8. The molecule has 2 aromatic rings. The first-order valence-electron chi connectivity index (χ1n) is 15.1. The smallest absolute Gasteiger partial charge is 0.169 e. The number of nitrogens with zero attached hydrogens (tertiary/aromatic N) is 1. The van der Waals surface area contributed by atoms with Crippen molar-refractivity contribution in [2.45, 2.75) is 89.2 Å². The van der Waals surface area contributed by atoms with Crippen LogP contribution in [0.3, 0.4) is 0 Å². The quantitative estimate of drug-likeness (QED) is 0.443. The largest absolute Gasteiger partial charge is 0.497 e. The van der Waals surface area contributed by atoms with Crippen LogP contribution in [0.2, 0.25) is 0 Å². The summed E-state index contributed by atoms with van der Waals surface area (Å²) in [7, 11) is 3.51. The highest BCUT2D eigenvalue weighted by Crippen LogP contribution is 2.62. The number of carbonyl (C=O) groups excluding carboxylic acids is 1. The average molecular weight is 529 g/mol. The maximum Gasteiger partial charge on any atom is 0.169 e. The topological polar surface area (TPSA) is 73.9 Å². The Morgan fingerprint density at radius 1 is 0.974 bits per heavy atom. The van der Waals surface area contributed by atoms with Crippen LogP contribution in [-0.2, 0) is 34.3 Å². The number of ketones is 1. The van der Waals surface area contributed by atoms with E-state index >= 15 is 4.79 Å². The van der Waals surface area contributed by atoms with Gasteiger partial charge in [0.15, 0.2) is 11.3 Å². The van der Waals surface area contributed by atoms with Crippen molar-refractivity contribution in [2.24, 2.45) is 33.9 Å². The number of amidine groups is 1. The monoisotopic (exact) mass is 528 g/mol. The predicted octanol–water partition coefficient (Wildman–Crippen LogP) is 6.19. The fraction of sp³-hybridized carbons (Fsp3) is 0.588. The maximum atomic E-state index is 15.0. The molecule has 5 heteroatoms. The third kappa shape index (κ3) is 4.61. The van der Waals surface area contributed by atoms with E-state index in [-0.39, 0.29) is 23.4 Å². The van der Waals surface area contributed by atoms with E-state index in [1.807, 2.05) is 19.2 Å². The van der Waals surface area contributed by atoms with E-state index in [1.165, 1.54) is 36.0 Å².